The summed E-state index contributed by atoms with van der Waals surface area (Å²) in [5.74, 6) is 0. The number of aliphatic hydroxyl groups is 1. The molecule has 0 aromatic rings. The molecule has 0 saturated heterocycles. The summed E-state index contributed by atoms with van der Waals surface area (Å²) in [4.78, 5) is 0. The number of hydrogen-bond donors (Lipinski definition) is 2. The fraction of sp³-hybridized carbons (Fsp3) is 1.00. The van der Waals surface area contributed by atoms with Crippen LogP contribution in [-0.2, 0) is 4.74 Å². The minimum Gasteiger partial charge on any atom is -0.392 e. The molecule has 3 heteroatoms. The molecular weight excluding hydrogens is 142 g/mol. The van der Waals surface area contributed by atoms with E-state index in [1.807, 2.05) is 20.8 Å². The topological polar surface area (TPSA) is 55.5 Å². The van der Waals surface area contributed by atoms with Crippen molar-refractivity contribution in [2.75, 3.05) is 6.61 Å². The Labute approximate surface area is 68.5 Å². The van der Waals surface area contributed by atoms with E-state index in [4.69, 9.17) is 15.6 Å². The highest BCUT2D eigenvalue weighted by atomic mass is 16.5. The second-order valence-electron chi connectivity index (χ2n) is 3.00. The number of ether oxygens (including phenoxy) is 1. The zero-order valence-electron chi connectivity index (χ0n) is 7.63. The van der Waals surface area contributed by atoms with Crippen LogP contribution < -0.4 is 5.73 Å². The van der Waals surface area contributed by atoms with E-state index in [0.29, 0.717) is 0 Å². The van der Waals surface area contributed by atoms with Crippen LogP contribution in [-0.4, -0.2) is 23.5 Å². The van der Waals surface area contributed by atoms with Crippen molar-refractivity contribution in [2.45, 2.75) is 45.4 Å². The van der Waals surface area contributed by atoms with Crippen molar-refractivity contribution in [3.63, 3.8) is 0 Å². The highest BCUT2D eigenvalue weighted by Crippen LogP contribution is 2.19. The first kappa shape index (κ1) is 10.9. The molecule has 0 aromatic carbocycles. The Hall–Kier alpha value is -0.120. The standard InChI is InChI=1S/C8H19NO2/c1-4-8(3,5-2)11-7(9)6-10/h7,10H,4-6,9H2,1-3H3. The second-order valence-corrected chi connectivity index (χ2v) is 3.00. The summed E-state index contributed by atoms with van der Waals surface area (Å²) in [6.07, 6.45) is 1.29. The average molecular weight is 161 g/mol. The Balaban J connectivity index is 3.86. The molecule has 3 N–H and O–H groups in total. The summed E-state index contributed by atoms with van der Waals surface area (Å²) in [5, 5.41) is 8.64. The first-order valence-electron chi connectivity index (χ1n) is 4.12. The molecule has 1 unspecified atom stereocenters. The number of hydrogen-bond acceptors (Lipinski definition) is 3. The van der Waals surface area contributed by atoms with Crippen LogP contribution in [0, 0.1) is 0 Å². The smallest absolute Gasteiger partial charge is 0.129 e. The van der Waals surface area contributed by atoms with E-state index < -0.39 is 6.23 Å². The van der Waals surface area contributed by atoms with Crippen molar-refractivity contribution in [1.29, 1.82) is 0 Å². The molecule has 0 aliphatic carbocycles. The van der Waals surface area contributed by atoms with Gasteiger partial charge in [-0.3, -0.25) is 0 Å². The molecule has 0 bridgehead atoms. The lowest BCUT2D eigenvalue weighted by molar-refractivity contribution is -0.101. The van der Waals surface area contributed by atoms with E-state index in [0.717, 1.165) is 12.8 Å². The molecule has 0 fully saturated rings. The number of rotatable bonds is 5. The van der Waals surface area contributed by atoms with E-state index in [1.54, 1.807) is 0 Å². The van der Waals surface area contributed by atoms with Gasteiger partial charge >= 0.3 is 0 Å². The predicted octanol–water partition coefficient (Wildman–Crippen LogP) is 0.859. The molecule has 0 aromatic heterocycles. The van der Waals surface area contributed by atoms with E-state index in [-0.39, 0.29) is 12.2 Å². The maximum absolute atomic E-state index is 8.64. The molecule has 3 nitrogen and oxygen atoms in total. The van der Waals surface area contributed by atoms with Crippen LogP contribution in [0.2, 0.25) is 0 Å². The zero-order chi connectivity index (χ0) is 8.91. The van der Waals surface area contributed by atoms with Crippen molar-refractivity contribution in [1.82, 2.24) is 0 Å². The lowest BCUT2D eigenvalue weighted by atomic mass is 10.0. The molecule has 0 radical (unpaired) electrons. The summed E-state index contributed by atoms with van der Waals surface area (Å²) < 4.78 is 5.41. The van der Waals surface area contributed by atoms with Gasteiger partial charge in [0, 0.05) is 0 Å². The highest BCUT2D eigenvalue weighted by Gasteiger charge is 2.22. The SMILES string of the molecule is CCC(C)(CC)OC(N)CO. The second kappa shape index (κ2) is 4.70. The Morgan fingerprint density at radius 3 is 2.18 bits per heavy atom. The van der Waals surface area contributed by atoms with Crippen LogP contribution in [0.4, 0.5) is 0 Å². The molecule has 0 aliphatic rings. The van der Waals surface area contributed by atoms with Crippen molar-refractivity contribution >= 4 is 0 Å². The molecule has 0 amide bonds. The first-order chi connectivity index (χ1) is 5.08. The van der Waals surface area contributed by atoms with Gasteiger partial charge in [0.25, 0.3) is 0 Å². The molecule has 0 aliphatic heterocycles. The maximum Gasteiger partial charge on any atom is 0.129 e. The van der Waals surface area contributed by atoms with E-state index in [9.17, 15) is 0 Å². The average Bonchev–Trinajstić information content (AvgIpc) is 2.04. The lowest BCUT2D eigenvalue weighted by Crippen LogP contribution is -2.39. The predicted molar refractivity (Wildman–Crippen MR) is 45.1 cm³/mol. The third-order valence-electron chi connectivity index (χ3n) is 2.11. The Morgan fingerprint density at radius 2 is 1.91 bits per heavy atom. The highest BCUT2D eigenvalue weighted by molar-refractivity contribution is 4.71. The fourth-order valence-corrected chi connectivity index (χ4v) is 0.819. The Bertz CT molecular complexity index is 102. The van der Waals surface area contributed by atoms with Crippen molar-refractivity contribution in [3.05, 3.63) is 0 Å². The summed E-state index contributed by atoms with van der Waals surface area (Å²) in [6.45, 7) is 5.99. The monoisotopic (exact) mass is 161 g/mol. The van der Waals surface area contributed by atoms with Gasteiger partial charge in [-0.25, -0.2) is 0 Å². The van der Waals surface area contributed by atoms with E-state index >= 15 is 0 Å². The van der Waals surface area contributed by atoms with Gasteiger partial charge in [0.05, 0.1) is 12.2 Å². The first-order valence-corrected chi connectivity index (χ1v) is 4.12. The molecule has 1 atom stereocenters. The van der Waals surface area contributed by atoms with Crippen LogP contribution in [0.25, 0.3) is 0 Å². The molecule has 0 spiro atoms. The van der Waals surface area contributed by atoms with Crippen molar-refractivity contribution in [3.8, 4) is 0 Å². The minimum atomic E-state index is -0.542. The molecule has 11 heavy (non-hydrogen) atoms. The van der Waals surface area contributed by atoms with Crippen molar-refractivity contribution in [2.24, 2.45) is 5.73 Å². The van der Waals surface area contributed by atoms with Gasteiger partial charge in [0.15, 0.2) is 0 Å². The van der Waals surface area contributed by atoms with Gasteiger partial charge in [-0.1, -0.05) is 13.8 Å². The minimum absolute atomic E-state index is 0.115. The molecule has 0 saturated carbocycles. The Morgan fingerprint density at radius 1 is 1.45 bits per heavy atom. The third kappa shape index (κ3) is 3.70. The van der Waals surface area contributed by atoms with E-state index in [2.05, 4.69) is 0 Å². The molecule has 0 rings (SSSR count). The van der Waals surface area contributed by atoms with Gasteiger partial charge in [-0.15, -0.1) is 0 Å². The largest absolute Gasteiger partial charge is 0.392 e. The van der Waals surface area contributed by atoms with Crippen molar-refractivity contribution < 1.29 is 9.84 Å². The summed E-state index contributed by atoms with van der Waals surface area (Å²) in [7, 11) is 0. The zero-order valence-corrected chi connectivity index (χ0v) is 7.63. The van der Waals surface area contributed by atoms with Gasteiger partial charge in [-0.2, -0.15) is 0 Å². The fourth-order valence-electron chi connectivity index (χ4n) is 0.819. The van der Waals surface area contributed by atoms with Gasteiger partial charge < -0.3 is 15.6 Å². The number of aliphatic hydroxyl groups excluding tert-OH is 1. The van der Waals surface area contributed by atoms with Gasteiger partial charge in [-0.05, 0) is 19.8 Å². The van der Waals surface area contributed by atoms with Crippen LogP contribution in [0.5, 0.6) is 0 Å². The third-order valence-corrected chi connectivity index (χ3v) is 2.11. The molecular formula is C8H19NO2. The summed E-state index contributed by atoms with van der Waals surface area (Å²) in [6, 6.07) is 0. The van der Waals surface area contributed by atoms with E-state index in [1.165, 1.54) is 0 Å². The quantitative estimate of drug-likeness (QED) is 0.588. The van der Waals surface area contributed by atoms with Crippen LogP contribution >= 0.6 is 0 Å². The maximum atomic E-state index is 8.64. The number of nitrogens with two attached hydrogens (primary N) is 1. The van der Waals surface area contributed by atoms with Gasteiger partial charge in [0.1, 0.15) is 6.23 Å². The van der Waals surface area contributed by atoms with Crippen LogP contribution in [0.15, 0.2) is 0 Å². The summed E-state index contributed by atoms with van der Waals surface area (Å²) >= 11 is 0. The molecule has 68 valence electrons. The summed E-state index contributed by atoms with van der Waals surface area (Å²) in [5.41, 5.74) is 5.26. The van der Waals surface area contributed by atoms with Gasteiger partial charge in [0.2, 0.25) is 0 Å². The Kier molecular flexibility index (Phi) is 4.65. The van der Waals surface area contributed by atoms with Crippen LogP contribution in [0.3, 0.4) is 0 Å². The van der Waals surface area contributed by atoms with Crippen LogP contribution in [0.1, 0.15) is 33.6 Å². The molecule has 0 heterocycles. The normalized spacial score (nSPS) is 15.0. The lowest BCUT2D eigenvalue weighted by Gasteiger charge is -2.29.